The second-order valence-corrected chi connectivity index (χ2v) is 3.93. The Bertz CT molecular complexity index is 392. The zero-order chi connectivity index (χ0) is 10.9. The van der Waals surface area contributed by atoms with Gasteiger partial charge in [0.15, 0.2) is 0 Å². The van der Waals surface area contributed by atoms with E-state index in [1.54, 1.807) is 0 Å². The highest BCUT2D eigenvalue weighted by atomic mass is 19.3. The summed E-state index contributed by atoms with van der Waals surface area (Å²) in [7, 11) is 0. The molecule has 0 aliphatic heterocycles. The Labute approximate surface area is 86.3 Å². The highest BCUT2D eigenvalue weighted by Gasteiger charge is 2.37. The van der Waals surface area contributed by atoms with E-state index >= 15 is 0 Å². The van der Waals surface area contributed by atoms with Crippen LogP contribution in [-0.2, 0) is 0 Å². The Kier molecular flexibility index (Phi) is 2.43. The average Bonchev–Trinajstić information content (AvgIpc) is 2.64. The minimum Gasteiger partial charge on any atom is -0.268 e. The molecule has 1 aromatic heterocycles. The lowest BCUT2D eigenvalue weighted by Crippen LogP contribution is -2.28. The normalized spacial score (nSPS) is 24.7. The molecule has 2 rings (SSSR count). The van der Waals surface area contributed by atoms with Gasteiger partial charge in [0.05, 0.1) is 17.8 Å². The van der Waals surface area contributed by atoms with Crippen molar-refractivity contribution in [3.8, 4) is 6.07 Å². The van der Waals surface area contributed by atoms with Gasteiger partial charge in [0.25, 0.3) is 0 Å². The van der Waals surface area contributed by atoms with Gasteiger partial charge in [0.1, 0.15) is 6.07 Å². The summed E-state index contributed by atoms with van der Waals surface area (Å²) in [4.78, 5) is 0. The zero-order valence-electron chi connectivity index (χ0n) is 8.16. The summed E-state index contributed by atoms with van der Waals surface area (Å²) in [5.41, 5.74) is 0.420. The smallest absolute Gasteiger partial charge is 0.250 e. The molecular formula is C10H11F2N3. The average molecular weight is 211 g/mol. The molecule has 1 fully saturated rings. The zero-order valence-corrected chi connectivity index (χ0v) is 8.16. The molecule has 0 amide bonds. The summed E-state index contributed by atoms with van der Waals surface area (Å²) in [6, 6.07) is 1.67. The Balaban J connectivity index is 2.14. The molecule has 5 heteroatoms. The molecule has 15 heavy (non-hydrogen) atoms. The van der Waals surface area contributed by atoms with E-state index in [1.807, 2.05) is 6.07 Å². The van der Waals surface area contributed by atoms with Crippen LogP contribution in [0.3, 0.4) is 0 Å². The predicted molar refractivity (Wildman–Crippen MR) is 49.4 cm³/mol. The molecule has 3 nitrogen and oxygen atoms in total. The molecule has 80 valence electrons. The van der Waals surface area contributed by atoms with Crippen molar-refractivity contribution in [3.05, 3.63) is 18.0 Å². The second kappa shape index (κ2) is 3.61. The van der Waals surface area contributed by atoms with Crippen LogP contribution in [0.2, 0.25) is 0 Å². The van der Waals surface area contributed by atoms with Crippen LogP contribution in [0.15, 0.2) is 12.4 Å². The van der Waals surface area contributed by atoms with Crippen molar-refractivity contribution in [2.75, 3.05) is 0 Å². The first-order valence-corrected chi connectivity index (χ1v) is 4.93. The van der Waals surface area contributed by atoms with Gasteiger partial charge in [-0.2, -0.15) is 10.4 Å². The van der Waals surface area contributed by atoms with Gasteiger partial charge >= 0.3 is 0 Å². The SMILES string of the molecule is N#Cc1cnn(C2CCCC(F)(F)C2)c1. The summed E-state index contributed by atoms with van der Waals surface area (Å²) in [5, 5.41) is 12.5. The lowest BCUT2D eigenvalue weighted by molar-refractivity contribution is -0.0512. The van der Waals surface area contributed by atoms with E-state index < -0.39 is 5.92 Å². The van der Waals surface area contributed by atoms with Gasteiger partial charge < -0.3 is 0 Å². The third kappa shape index (κ3) is 2.14. The number of halogens is 2. The van der Waals surface area contributed by atoms with Crippen LogP contribution < -0.4 is 0 Å². The van der Waals surface area contributed by atoms with Gasteiger partial charge in [0.2, 0.25) is 5.92 Å². The molecule has 1 unspecified atom stereocenters. The van der Waals surface area contributed by atoms with E-state index in [-0.39, 0.29) is 18.9 Å². The van der Waals surface area contributed by atoms with E-state index in [0.717, 1.165) is 0 Å². The van der Waals surface area contributed by atoms with Gasteiger partial charge in [-0.25, -0.2) is 8.78 Å². The van der Waals surface area contributed by atoms with Crippen molar-refractivity contribution in [1.29, 1.82) is 5.26 Å². The molecule has 0 aromatic carbocycles. The van der Waals surface area contributed by atoms with E-state index in [0.29, 0.717) is 18.4 Å². The third-order valence-electron chi connectivity index (χ3n) is 2.72. The number of alkyl halides is 2. The van der Waals surface area contributed by atoms with Crippen LogP contribution in [-0.4, -0.2) is 15.7 Å². The maximum atomic E-state index is 13.1. The molecule has 0 spiro atoms. The molecule has 0 saturated heterocycles. The number of nitriles is 1. The van der Waals surface area contributed by atoms with Crippen molar-refractivity contribution in [2.45, 2.75) is 37.6 Å². The largest absolute Gasteiger partial charge is 0.268 e. The standard InChI is InChI=1S/C10H11F2N3/c11-10(12)3-1-2-9(4-10)15-7-8(5-13)6-14-15/h6-7,9H,1-4H2. The van der Waals surface area contributed by atoms with Crippen molar-refractivity contribution in [3.63, 3.8) is 0 Å². The fourth-order valence-corrected chi connectivity index (χ4v) is 1.97. The third-order valence-corrected chi connectivity index (χ3v) is 2.72. The summed E-state index contributed by atoms with van der Waals surface area (Å²) < 4.78 is 27.7. The van der Waals surface area contributed by atoms with Crippen molar-refractivity contribution in [2.24, 2.45) is 0 Å². The second-order valence-electron chi connectivity index (χ2n) is 3.93. The topological polar surface area (TPSA) is 41.6 Å². The molecular weight excluding hydrogens is 200 g/mol. The fourth-order valence-electron chi connectivity index (χ4n) is 1.97. The number of aromatic nitrogens is 2. The Morgan fingerprint density at radius 2 is 2.40 bits per heavy atom. The predicted octanol–water partition coefficient (Wildman–Crippen LogP) is 2.51. The number of hydrogen-bond donors (Lipinski definition) is 0. The van der Waals surface area contributed by atoms with Gasteiger partial charge in [-0.15, -0.1) is 0 Å². The lowest BCUT2D eigenvalue weighted by atomic mass is 9.92. The van der Waals surface area contributed by atoms with Gasteiger partial charge in [0, 0.05) is 19.0 Å². The first-order chi connectivity index (χ1) is 7.11. The minimum atomic E-state index is -2.58. The summed E-state index contributed by atoms with van der Waals surface area (Å²) >= 11 is 0. The van der Waals surface area contributed by atoms with Crippen LogP contribution in [0, 0.1) is 11.3 Å². The van der Waals surface area contributed by atoms with Gasteiger partial charge in [-0.05, 0) is 12.8 Å². The van der Waals surface area contributed by atoms with Crippen LogP contribution in [0.25, 0.3) is 0 Å². The van der Waals surface area contributed by atoms with Crippen LogP contribution >= 0.6 is 0 Å². The molecule has 0 N–H and O–H groups in total. The van der Waals surface area contributed by atoms with Crippen molar-refractivity contribution in [1.82, 2.24) is 9.78 Å². The van der Waals surface area contributed by atoms with Crippen LogP contribution in [0.4, 0.5) is 8.78 Å². The molecule has 1 aliphatic rings. The fraction of sp³-hybridized carbons (Fsp3) is 0.600. The van der Waals surface area contributed by atoms with Crippen LogP contribution in [0.1, 0.15) is 37.3 Å². The molecule has 1 saturated carbocycles. The van der Waals surface area contributed by atoms with Crippen molar-refractivity contribution >= 4 is 0 Å². The number of rotatable bonds is 1. The maximum absolute atomic E-state index is 13.1. The van der Waals surface area contributed by atoms with Gasteiger partial charge in [-0.3, -0.25) is 4.68 Å². The van der Waals surface area contributed by atoms with Crippen molar-refractivity contribution < 1.29 is 8.78 Å². The molecule has 1 aliphatic carbocycles. The lowest BCUT2D eigenvalue weighted by Gasteiger charge is -2.28. The van der Waals surface area contributed by atoms with E-state index in [2.05, 4.69) is 5.10 Å². The monoisotopic (exact) mass is 211 g/mol. The Morgan fingerprint density at radius 1 is 1.60 bits per heavy atom. The Hall–Kier alpha value is -1.44. The quantitative estimate of drug-likeness (QED) is 0.716. The summed E-state index contributed by atoms with van der Waals surface area (Å²) in [6.07, 6.45) is 3.97. The summed E-state index contributed by atoms with van der Waals surface area (Å²) in [5.74, 6) is -2.58. The highest BCUT2D eigenvalue weighted by Crippen LogP contribution is 2.38. The Morgan fingerprint density at radius 3 is 3.00 bits per heavy atom. The number of nitrogens with zero attached hydrogens (tertiary/aromatic N) is 3. The van der Waals surface area contributed by atoms with E-state index in [1.165, 1.54) is 17.1 Å². The summed E-state index contributed by atoms with van der Waals surface area (Å²) in [6.45, 7) is 0. The van der Waals surface area contributed by atoms with Crippen LogP contribution in [0.5, 0.6) is 0 Å². The molecule has 0 bridgehead atoms. The van der Waals surface area contributed by atoms with Gasteiger partial charge in [-0.1, -0.05) is 0 Å². The molecule has 1 aromatic rings. The van der Waals surface area contributed by atoms with E-state index in [9.17, 15) is 8.78 Å². The minimum absolute atomic E-state index is 0.0319. The maximum Gasteiger partial charge on any atom is 0.250 e. The molecule has 0 radical (unpaired) electrons. The highest BCUT2D eigenvalue weighted by molar-refractivity contribution is 5.21. The number of hydrogen-bond acceptors (Lipinski definition) is 2. The molecule has 1 heterocycles. The molecule has 1 atom stereocenters. The first-order valence-electron chi connectivity index (χ1n) is 4.93. The van der Waals surface area contributed by atoms with E-state index in [4.69, 9.17) is 5.26 Å². The first kappa shape index (κ1) is 10.1.